The number of nitrogens with one attached hydrogen (secondary N) is 1. The van der Waals surface area contributed by atoms with Crippen molar-refractivity contribution in [3.8, 4) is 12.3 Å². The van der Waals surface area contributed by atoms with Crippen molar-refractivity contribution in [2.75, 3.05) is 26.0 Å². The monoisotopic (exact) mass is 338 g/mol. The standard InChI is InChI=1S/C21H23FN2O/c1-5-16-13-18(9-8-15(16)2)21(25)23-19-11-10-17(20(22)14-19)7-6-12-24(3)4/h1,8-11,13-14H,6-7,12H2,2-4H3,(H,23,25). The molecule has 0 bridgehead atoms. The van der Waals surface area contributed by atoms with Crippen LogP contribution in [0.15, 0.2) is 36.4 Å². The van der Waals surface area contributed by atoms with E-state index in [0.29, 0.717) is 28.8 Å². The van der Waals surface area contributed by atoms with Crippen molar-refractivity contribution in [2.24, 2.45) is 0 Å². The van der Waals surface area contributed by atoms with E-state index in [-0.39, 0.29) is 11.7 Å². The summed E-state index contributed by atoms with van der Waals surface area (Å²) in [6.45, 7) is 2.80. The van der Waals surface area contributed by atoms with Crippen LogP contribution in [0.5, 0.6) is 0 Å². The minimum Gasteiger partial charge on any atom is -0.322 e. The fourth-order valence-electron chi connectivity index (χ4n) is 2.54. The van der Waals surface area contributed by atoms with Gasteiger partial charge in [-0.1, -0.05) is 18.1 Å². The molecule has 1 N–H and O–H groups in total. The number of terminal acetylenes is 1. The Morgan fingerprint density at radius 2 is 2.00 bits per heavy atom. The van der Waals surface area contributed by atoms with Crippen molar-refractivity contribution in [3.05, 3.63) is 64.5 Å². The molecule has 3 nitrogen and oxygen atoms in total. The van der Waals surface area contributed by atoms with Gasteiger partial charge in [0.15, 0.2) is 0 Å². The highest BCUT2D eigenvalue weighted by atomic mass is 19.1. The smallest absolute Gasteiger partial charge is 0.255 e. The Labute approximate surface area is 148 Å². The number of carbonyl (C=O) groups excluding carboxylic acids is 1. The third kappa shape index (κ3) is 5.17. The van der Waals surface area contributed by atoms with Gasteiger partial charge in [0.1, 0.15) is 5.82 Å². The number of anilines is 1. The fraction of sp³-hybridized carbons (Fsp3) is 0.286. The minimum atomic E-state index is -0.309. The van der Waals surface area contributed by atoms with Crippen LogP contribution in [0.4, 0.5) is 10.1 Å². The van der Waals surface area contributed by atoms with Gasteiger partial charge in [0, 0.05) is 16.8 Å². The SMILES string of the molecule is C#Cc1cc(C(=O)Nc2ccc(CCCN(C)C)c(F)c2)ccc1C. The number of aryl methyl sites for hydroxylation is 2. The molecular formula is C21H23FN2O. The summed E-state index contributed by atoms with van der Waals surface area (Å²) in [6.07, 6.45) is 6.98. The second-order valence-corrected chi connectivity index (χ2v) is 6.34. The molecule has 0 aliphatic rings. The van der Waals surface area contributed by atoms with E-state index in [0.717, 1.165) is 18.5 Å². The largest absolute Gasteiger partial charge is 0.322 e. The number of nitrogens with zero attached hydrogens (tertiary/aromatic N) is 1. The van der Waals surface area contributed by atoms with E-state index in [1.165, 1.54) is 6.07 Å². The molecule has 0 fully saturated rings. The number of amides is 1. The number of rotatable bonds is 6. The molecule has 2 aromatic carbocycles. The Morgan fingerprint density at radius 1 is 1.24 bits per heavy atom. The molecule has 130 valence electrons. The van der Waals surface area contributed by atoms with Crippen LogP contribution in [0.3, 0.4) is 0 Å². The van der Waals surface area contributed by atoms with Gasteiger partial charge >= 0.3 is 0 Å². The van der Waals surface area contributed by atoms with Gasteiger partial charge in [-0.15, -0.1) is 6.42 Å². The predicted octanol–water partition coefficient (Wildman–Crippen LogP) is 3.86. The average molecular weight is 338 g/mol. The Bertz CT molecular complexity index is 806. The summed E-state index contributed by atoms with van der Waals surface area (Å²) in [4.78, 5) is 14.4. The highest BCUT2D eigenvalue weighted by Gasteiger charge is 2.10. The summed E-state index contributed by atoms with van der Waals surface area (Å²) >= 11 is 0. The Kier molecular flexibility index (Phi) is 6.32. The zero-order valence-electron chi connectivity index (χ0n) is 14.9. The molecule has 4 heteroatoms. The van der Waals surface area contributed by atoms with Crippen molar-refractivity contribution in [1.82, 2.24) is 4.90 Å². The summed E-state index contributed by atoms with van der Waals surface area (Å²) < 4.78 is 14.2. The van der Waals surface area contributed by atoms with Crippen LogP contribution in [0.1, 0.15) is 33.5 Å². The maximum Gasteiger partial charge on any atom is 0.255 e. The van der Waals surface area contributed by atoms with Crippen molar-refractivity contribution in [1.29, 1.82) is 0 Å². The molecule has 2 aromatic rings. The molecule has 0 spiro atoms. The van der Waals surface area contributed by atoms with Crippen LogP contribution in [-0.4, -0.2) is 31.4 Å². The minimum absolute atomic E-state index is 0.301. The highest BCUT2D eigenvalue weighted by molar-refractivity contribution is 6.04. The number of carbonyl (C=O) groups is 1. The molecule has 0 aliphatic heterocycles. The quantitative estimate of drug-likeness (QED) is 0.811. The van der Waals surface area contributed by atoms with Gasteiger partial charge < -0.3 is 10.2 Å². The number of hydrogen-bond acceptors (Lipinski definition) is 2. The van der Waals surface area contributed by atoms with Gasteiger partial charge in [0.25, 0.3) is 5.91 Å². The van der Waals surface area contributed by atoms with Gasteiger partial charge in [0.2, 0.25) is 0 Å². The lowest BCUT2D eigenvalue weighted by Crippen LogP contribution is -2.14. The molecule has 2 rings (SSSR count). The fourth-order valence-corrected chi connectivity index (χ4v) is 2.54. The van der Waals surface area contributed by atoms with Crippen LogP contribution >= 0.6 is 0 Å². The van der Waals surface area contributed by atoms with Crippen molar-refractivity contribution < 1.29 is 9.18 Å². The molecule has 0 unspecified atom stereocenters. The summed E-state index contributed by atoms with van der Waals surface area (Å²) in [7, 11) is 3.98. The molecule has 0 saturated carbocycles. The Hall–Kier alpha value is -2.64. The number of halogens is 1. The zero-order valence-corrected chi connectivity index (χ0v) is 14.9. The molecule has 0 aliphatic carbocycles. The van der Waals surface area contributed by atoms with Crippen LogP contribution < -0.4 is 5.32 Å². The zero-order chi connectivity index (χ0) is 18.4. The van der Waals surface area contributed by atoms with E-state index < -0.39 is 0 Å². The first-order valence-corrected chi connectivity index (χ1v) is 8.22. The number of hydrogen-bond donors (Lipinski definition) is 1. The molecule has 0 atom stereocenters. The van der Waals surface area contributed by atoms with Gasteiger partial charge in [-0.25, -0.2) is 4.39 Å². The van der Waals surface area contributed by atoms with Crippen LogP contribution in [0, 0.1) is 25.1 Å². The van der Waals surface area contributed by atoms with E-state index in [9.17, 15) is 9.18 Å². The van der Waals surface area contributed by atoms with Crippen LogP contribution in [0.25, 0.3) is 0 Å². The summed E-state index contributed by atoms with van der Waals surface area (Å²) in [6, 6.07) is 9.98. The Balaban J connectivity index is 2.06. The van der Waals surface area contributed by atoms with Crippen molar-refractivity contribution in [3.63, 3.8) is 0 Å². The first-order valence-electron chi connectivity index (χ1n) is 8.22. The first kappa shape index (κ1) is 18.7. The average Bonchev–Trinajstić information content (AvgIpc) is 2.57. The third-order valence-corrected chi connectivity index (χ3v) is 4.02. The van der Waals surface area contributed by atoms with Crippen molar-refractivity contribution >= 4 is 11.6 Å². The molecule has 0 radical (unpaired) electrons. The Morgan fingerprint density at radius 3 is 2.64 bits per heavy atom. The summed E-state index contributed by atoms with van der Waals surface area (Å²) in [5, 5.41) is 2.72. The van der Waals surface area contributed by atoms with Crippen LogP contribution in [-0.2, 0) is 6.42 Å². The maximum absolute atomic E-state index is 14.2. The lowest BCUT2D eigenvalue weighted by molar-refractivity contribution is 0.102. The van der Waals surface area contributed by atoms with Gasteiger partial charge in [-0.2, -0.15) is 0 Å². The lowest BCUT2D eigenvalue weighted by atomic mass is 10.0. The highest BCUT2D eigenvalue weighted by Crippen LogP contribution is 2.18. The van der Waals surface area contributed by atoms with E-state index in [1.807, 2.05) is 21.0 Å². The van der Waals surface area contributed by atoms with Gasteiger partial charge in [0.05, 0.1) is 0 Å². The molecule has 0 aromatic heterocycles. The summed E-state index contributed by atoms with van der Waals surface area (Å²) in [5.41, 5.74) is 3.16. The molecule has 0 saturated heterocycles. The lowest BCUT2D eigenvalue weighted by Gasteiger charge is -2.11. The van der Waals surface area contributed by atoms with Crippen LogP contribution in [0.2, 0.25) is 0 Å². The van der Waals surface area contributed by atoms with Gasteiger partial charge in [-0.3, -0.25) is 4.79 Å². The maximum atomic E-state index is 14.2. The molecule has 25 heavy (non-hydrogen) atoms. The third-order valence-electron chi connectivity index (χ3n) is 4.02. The normalized spacial score (nSPS) is 10.6. The molecular weight excluding hydrogens is 315 g/mol. The molecule has 0 heterocycles. The predicted molar refractivity (Wildman–Crippen MR) is 100 cm³/mol. The van der Waals surface area contributed by atoms with Crippen molar-refractivity contribution in [2.45, 2.75) is 19.8 Å². The topological polar surface area (TPSA) is 32.3 Å². The molecule has 1 amide bonds. The second-order valence-electron chi connectivity index (χ2n) is 6.34. The van der Waals surface area contributed by atoms with E-state index in [4.69, 9.17) is 6.42 Å². The first-order chi connectivity index (χ1) is 11.9. The van der Waals surface area contributed by atoms with E-state index >= 15 is 0 Å². The second kappa shape index (κ2) is 8.46. The van der Waals surface area contributed by atoms with E-state index in [1.54, 1.807) is 30.3 Å². The summed E-state index contributed by atoms with van der Waals surface area (Å²) in [5.74, 6) is 1.94. The van der Waals surface area contributed by atoms with Gasteiger partial charge in [-0.05, 0) is 75.8 Å². The number of benzene rings is 2. The van der Waals surface area contributed by atoms with E-state index in [2.05, 4.69) is 16.1 Å².